The second-order valence-electron chi connectivity index (χ2n) is 6.29. The van der Waals surface area contributed by atoms with Gasteiger partial charge in [-0.1, -0.05) is 0 Å². The molecule has 0 aliphatic carbocycles. The molecule has 1 heterocycles. The monoisotopic (exact) mass is 299 g/mol. The maximum Gasteiger partial charge on any atom is 0.154 e. The number of nitrogens with one attached hydrogen (secondary N) is 1. The molecule has 5 nitrogen and oxygen atoms in total. The molecule has 0 aliphatic heterocycles. The Morgan fingerprint density at radius 1 is 1.10 bits per heavy atom. The Bertz CT molecular complexity index is 552. The third-order valence-corrected chi connectivity index (χ3v) is 3.67. The van der Waals surface area contributed by atoms with Crippen LogP contribution in [0.25, 0.3) is 0 Å². The molecule has 1 aromatic rings. The summed E-state index contributed by atoms with van der Waals surface area (Å²) in [5, 5.41) is 3.43. The van der Waals surface area contributed by atoms with E-state index >= 15 is 0 Å². The zero-order valence-electron chi connectivity index (χ0n) is 13.2. The van der Waals surface area contributed by atoms with Gasteiger partial charge in [-0.3, -0.25) is 0 Å². The molecule has 0 saturated carbocycles. The van der Waals surface area contributed by atoms with Gasteiger partial charge in [-0.2, -0.15) is 0 Å². The minimum atomic E-state index is -3.10. The number of rotatable bonds is 5. The number of aryl methyl sites for hydroxylation is 2. The second-order valence-corrected chi connectivity index (χ2v) is 8.43. The molecule has 0 unspecified atom stereocenters. The van der Waals surface area contributed by atoms with Crippen molar-refractivity contribution in [1.82, 2.24) is 15.3 Å². The van der Waals surface area contributed by atoms with Crippen molar-refractivity contribution >= 4 is 9.84 Å². The van der Waals surface area contributed by atoms with Crippen molar-refractivity contribution in [3.8, 4) is 0 Å². The van der Waals surface area contributed by atoms with Crippen LogP contribution in [0.2, 0.25) is 0 Å². The molecule has 0 fully saturated rings. The zero-order chi connectivity index (χ0) is 15.6. The van der Waals surface area contributed by atoms with E-state index in [1.54, 1.807) is 0 Å². The van der Waals surface area contributed by atoms with Gasteiger partial charge in [0.15, 0.2) is 9.84 Å². The van der Waals surface area contributed by atoms with Crippen LogP contribution >= 0.6 is 0 Å². The Balaban J connectivity index is 2.84. The van der Waals surface area contributed by atoms with Crippen LogP contribution in [0.1, 0.15) is 43.5 Å². The van der Waals surface area contributed by atoms with Crippen molar-refractivity contribution in [1.29, 1.82) is 0 Å². The maximum atomic E-state index is 11.3. The molecule has 0 saturated heterocycles. The Kier molecular flexibility index (Phi) is 5.27. The van der Waals surface area contributed by atoms with E-state index in [0.717, 1.165) is 29.9 Å². The van der Waals surface area contributed by atoms with Gasteiger partial charge in [0.05, 0.1) is 0 Å². The molecule has 1 N–H and O–H groups in total. The molecule has 0 spiro atoms. The first-order valence-electron chi connectivity index (χ1n) is 6.74. The average molecular weight is 299 g/mol. The van der Waals surface area contributed by atoms with E-state index in [9.17, 15) is 8.42 Å². The average Bonchev–Trinajstić information content (AvgIpc) is 2.17. The van der Waals surface area contributed by atoms with Crippen LogP contribution in [0.5, 0.6) is 0 Å². The molecule has 1 aromatic heterocycles. The normalized spacial score (nSPS) is 12.7. The van der Waals surface area contributed by atoms with E-state index in [1.165, 1.54) is 6.26 Å². The van der Waals surface area contributed by atoms with Gasteiger partial charge >= 0.3 is 0 Å². The maximum absolute atomic E-state index is 11.3. The smallest absolute Gasteiger partial charge is 0.154 e. The van der Waals surface area contributed by atoms with Crippen LogP contribution < -0.4 is 5.32 Å². The zero-order valence-corrected chi connectivity index (χ0v) is 14.1. The van der Waals surface area contributed by atoms with Crippen LogP contribution in [0.3, 0.4) is 0 Å². The number of sulfone groups is 1. The molecule has 0 aliphatic rings. The van der Waals surface area contributed by atoms with Crippen molar-refractivity contribution in [2.75, 3.05) is 12.8 Å². The van der Waals surface area contributed by atoms with Crippen LogP contribution in [-0.2, 0) is 22.0 Å². The van der Waals surface area contributed by atoms with Crippen molar-refractivity contribution < 1.29 is 8.42 Å². The van der Waals surface area contributed by atoms with Gasteiger partial charge in [-0.25, -0.2) is 18.4 Å². The summed E-state index contributed by atoms with van der Waals surface area (Å²) in [5.41, 5.74) is 2.91. The predicted molar refractivity (Wildman–Crippen MR) is 81.5 cm³/mol. The summed E-state index contributed by atoms with van der Waals surface area (Å²) in [6.07, 6.45) is 2.04. The first-order chi connectivity index (χ1) is 8.98. The molecule has 0 amide bonds. The van der Waals surface area contributed by atoms with Gasteiger partial charge < -0.3 is 5.32 Å². The third kappa shape index (κ3) is 5.96. The second kappa shape index (κ2) is 6.18. The first-order valence-corrected chi connectivity index (χ1v) is 8.80. The van der Waals surface area contributed by atoms with Gasteiger partial charge in [0.2, 0.25) is 0 Å². The summed E-state index contributed by atoms with van der Waals surface area (Å²) in [5.74, 6) is 0.282. The first kappa shape index (κ1) is 17.0. The van der Waals surface area contributed by atoms with Crippen LogP contribution in [0.4, 0.5) is 0 Å². The highest BCUT2D eigenvalue weighted by Gasteiger charge is 2.14. The quantitative estimate of drug-likeness (QED) is 0.893. The van der Waals surface area contributed by atoms with Crippen LogP contribution in [-0.4, -0.2) is 36.7 Å². The van der Waals surface area contributed by atoms with E-state index in [0.29, 0.717) is 5.82 Å². The molecule has 0 radical (unpaired) electrons. The summed E-state index contributed by atoms with van der Waals surface area (Å²) in [6, 6.07) is 0. The van der Waals surface area contributed by atoms with Gasteiger partial charge in [0.1, 0.15) is 11.6 Å². The van der Waals surface area contributed by atoms with Crippen LogP contribution in [0.15, 0.2) is 0 Å². The third-order valence-electron chi connectivity index (χ3n) is 2.89. The predicted octanol–water partition coefficient (Wildman–Crippen LogP) is 1.57. The number of aromatic nitrogens is 2. The highest BCUT2D eigenvalue weighted by molar-refractivity contribution is 7.89. The Morgan fingerprint density at radius 2 is 1.60 bits per heavy atom. The number of hydrogen-bond donors (Lipinski definition) is 1. The molecular formula is C14H25N3O2S. The summed E-state index contributed by atoms with van der Waals surface area (Å²) in [6.45, 7) is 11.0. The summed E-state index contributed by atoms with van der Waals surface area (Å²) >= 11 is 0. The molecular weight excluding hydrogens is 274 g/mol. The molecule has 0 atom stereocenters. The molecule has 0 bridgehead atoms. The fourth-order valence-electron chi connectivity index (χ4n) is 2.03. The fourth-order valence-corrected chi connectivity index (χ4v) is 2.63. The van der Waals surface area contributed by atoms with Gasteiger partial charge in [0.25, 0.3) is 0 Å². The molecule has 1 rings (SSSR count). The number of nitrogens with zero attached hydrogens (tertiary/aromatic N) is 2. The largest absolute Gasteiger partial charge is 0.312 e. The SMILES string of the molecule is Cc1nc(CS(C)(=O)=O)nc(C)c1CCNC(C)(C)C. The molecule has 6 heteroatoms. The molecule has 114 valence electrons. The van der Waals surface area contributed by atoms with Gasteiger partial charge in [0, 0.05) is 23.2 Å². The molecule has 0 aromatic carbocycles. The van der Waals surface area contributed by atoms with Crippen molar-refractivity contribution in [2.45, 2.75) is 52.3 Å². The van der Waals surface area contributed by atoms with Crippen molar-refractivity contribution in [3.63, 3.8) is 0 Å². The Morgan fingerprint density at radius 3 is 2.00 bits per heavy atom. The van der Waals surface area contributed by atoms with Gasteiger partial charge in [-0.15, -0.1) is 0 Å². The van der Waals surface area contributed by atoms with Crippen molar-refractivity contribution in [3.05, 3.63) is 22.8 Å². The lowest BCUT2D eigenvalue weighted by molar-refractivity contribution is 0.429. The lowest BCUT2D eigenvalue weighted by atomic mass is 10.1. The van der Waals surface area contributed by atoms with E-state index in [-0.39, 0.29) is 11.3 Å². The summed E-state index contributed by atoms with van der Waals surface area (Å²) in [4.78, 5) is 8.63. The lowest BCUT2D eigenvalue weighted by Gasteiger charge is -2.21. The van der Waals surface area contributed by atoms with E-state index in [4.69, 9.17) is 0 Å². The van der Waals surface area contributed by atoms with Crippen LogP contribution in [0, 0.1) is 13.8 Å². The van der Waals surface area contributed by atoms with E-state index in [2.05, 4.69) is 36.1 Å². The van der Waals surface area contributed by atoms with Gasteiger partial charge in [-0.05, 0) is 53.1 Å². The lowest BCUT2D eigenvalue weighted by Crippen LogP contribution is -2.37. The van der Waals surface area contributed by atoms with Crippen molar-refractivity contribution in [2.24, 2.45) is 0 Å². The highest BCUT2D eigenvalue weighted by atomic mass is 32.2. The summed E-state index contributed by atoms with van der Waals surface area (Å²) < 4.78 is 22.6. The fraction of sp³-hybridized carbons (Fsp3) is 0.714. The molecule has 20 heavy (non-hydrogen) atoms. The Hall–Kier alpha value is -1.01. The summed E-state index contributed by atoms with van der Waals surface area (Å²) in [7, 11) is -3.10. The topological polar surface area (TPSA) is 72.0 Å². The Labute approximate surface area is 122 Å². The minimum absolute atomic E-state index is 0.0822. The highest BCUT2D eigenvalue weighted by Crippen LogP contribution is 2.12. The van der Waals surface area contributed by atoms with E-state index < -0.39 is 9.84 Å². The minimum Gasteiger partial charge on any atom is -0.312 e. The van der Waals surface area contributed by atoms with E-state index in [1.807, 2.05) is 13.8 Å². The standard InChI is InChI=1S/C14H25N3O2S/c1-10-12(7-8-15-14(3,4)5)11(2)17-13(16-10)9-20(6,18)19/h15H,7-9H2,1-6H3. The number of hydrogen-bond acceptors (Lipinski definition) is 5.